The average molecular weight is 484 g/mol. The zero-order valence-corrected chi connectivity index (χ0v) is 20.3. The molecule has 2 amide bonds. The lowest BCUT2D eigenvalue weighted by atomic mass is 9.85. The first-order valence-electron chi connectivity index (χ1n) is 12.5. The van der Waals surface area contributed by atoms with Crippen molar-refractivity contribution < 1.29 is 14.0 Å². The van der Waals surface area contributed by atoms with Crippen molar-refractivity contribution >= 4 is 22.7 Å². The van der Waals surface area contributed by atoms with E-state index in [1.165, 1.54) is 12.1 Å². The third kappa shape index (κ3) is 5.33. The van der Waals surface area contributed by atoms with Gasteiger partial charge in [0.1, 0.15) is 5.82 Å². The number of carbonyl (C=O) groups is 2. The van der Waals surface area contributed by atoms with Crippen LogP contribution in [0.5, 0.6) is 0 Å². The van der Waals surface area contributed by atoms with Crippen molar-refractivity contribution in [3.8, 4) is 11.3 Å². The van der Waals surface area contributed by atoms with Gasteiger partial charge in [0, 0.05) is 34.1 Å². The summed E-state index contributed by atoms with van der Waals surface area (Å²) < 4.78 is 13.2. The van der Waals surface area contributed by atoms with Crippen LogP contribution in [0.25, 0.3) is 22.2 Å². The van der Waals surface area contributed by atoms with Gasteiger partial charge >= 0.3 is 0 Å². The fourth-order valence-corrected chi connectivity index (χ4v) is 4.98. The summed E-state index contributed by atoms with van der Waals surface area (Å²) in [6, 6.07) is 24.0. The molecule has 1 saturated carbocycles. The number of benzene rings is 3. The smallest absolute Gasteiger partial charge is 0.251 e. The lowest BCUT2D eigenvalue weighted by molar-refractivity contribution is -0.126. The minimum atomic E-state index is -0.289. The Morgan fingerprint density at radius 3 is 2.36 bits per heavy atom. The molecule has 3 N–H and O–H groups in total. The van der Waals surface area contributed by atoms with E-state index in [1.807, 2.05) is 43.3 Å². The van der Waals surface area contributed by atoms with Crippen molar-refractivity contribution in [1.82, 2.24) is 15.6 Å². The Morgan fingerprint density at radius 1 is 0.917 bits per heavy atom. The number of nitrogens with one attached hydrogen (secondary N) is 3. The van der Waals surface area contributed by atoms with Gasteiger partial charge in [-0.05, 0) is 74.1 Å². The van der Waals surface area contributed by atoms with Gasteiger partial charge < -0.3 is 15.6 Å². The molecule has 1 heterocycles. The first-order valence-corrected chi connectivity index (χ1v) is 12.5. The van der Waals surface area contributed by atoms with Crippen LogP contribution < -0.4 is 10.6 Å². The van der Waals surface area contributed by atoms with Crippen LogP contribution in [0.2, 0.25) is 0 Å². The molecule has 1 fully saturated rings. The molecule has 4 aromatic rings. The van der Waals surface area contributed by atoms with Crippen LogP contribution in [0.1, 0.15) is 54.6 Å². The second-order valence-corrected chi connectivity index (χ2v) is 9.65. The summed E-state index contributed by atoms with van der Waals surface area (Å²) in [6.45, 7) is 1.90. The molecule has 6 heteroatoms. The van der Waals surface area contributed by atoms with Crippen LogP contribution >= 0.6 is 0 Å². The summed E-state index contributed by atoms with van der Waals surface area (Å²) in [6.07, 6.45) is 2.97. The predicted octanol–water partition coefficient (Wildman–Crippen LogP) is 6.14. The Labute approximate surface area is 210 Å². The number of amides is 2. The van der Waals surface area contributed by atoms with Crippen molar-refractivity contribution in [2.45, 2.75) is 44.7 Å². The summed E-state index contributed by atoms with van der Waals surface area (Å²) in [5, 5.41) is 7.26. The molecule has 0 spiro atoms. The lowest BCUT2D eigenvalue weighted by Crippen LogP contribution is -2.41. The highest BCUT2D eigenvalue weighted by atomic mass is 19.1. The average Bonchev–Trinajstić information content (AvgIpc) is 3.33. The Hall–Kier alpha value is -3.93. The summed E-state index contributed by atoms with van der Waals surface area (Å²) in [5.41, 5.74) is 4.55. The van der Waals surface area contributed by atoms with Crippen LogP contribution in [-0.2, 0) is 4.79 Å². The molecule has 184 valence electrons. The predicted molar refractivity (Wildman–Crippen MR) is 140 cm³/mol. The number of halogens is 1. The monoisotopic (exact) mass is 483 g/mol. The van der Waals surface area contributed by atoms with E-state index in [0.29, 0.717) is 5.56 Å². The normalized spacial score (nSPS) is 18.5. The molecule has 1 atom stereocenters. The number of fused-ring (bicyclic) bond motifs is 1. The standard InChI is InChI=1S/C30H30FN3O2/c1-19(20-9-13-25(31)14-10-20)32-29(35)22-11-15-26(16-12-22)33-30(36)24-8-7-23-17-27(34-28(23)18-24)21-5-3-2-4-6-21/h2-10,13-14,17-19,22,26,34H,11-12,15-16H2,1H3,(H,32,35)(H,33,36). The van der Waals surface area contributed by atoms with Gasteiger partial charge in [0.05, 0.1) is 6.04 Å². The van der Waals surface area contributed by atoms with Gasteiger partial charge in [-0.15, -0.1) is 0 Å². The number of H-pyrrole nitrogens is 1. The molecule has 36 heavy (non-hydrogen) atoms. The molecular formula is C30H30FN3O2. The van der Waals surface area contributed by atoms with E-state index in [-0.39, 0.29) is 35.6 Å². The van der Waals surface area contributed by atoms with E-state index in [4.69, 9.17) is 0 Å². The zero-order chi connectivity index (χ0) is 25.1. The highest BCUT2D eigenvalue weighted by Crippen LogP contribution is 2.27. The quantitative estimate of drug-likeness (QED) is 0.308. The fraction of sp³-hybridized carbons (Fsp3) is 0.267. The van der Waals surface area contributed by atoms with Gasteiger partial charge in [0.25, 0.3) is 5.91 Å². The maximum Gasteiger partial charge on any atom is 0.251 e. The van der Waals surface area contributed by atoms with Gasteiger partial charge in [-0.1, -0.05) is 48.5 Å². The third-order valence-electron chi connectivity index (χ3n) is 7.13. The molecule has 0 bridgehead atoms. The molecule has 0 saturated heterocycles. The minimum Gasteiger partial charge on any atom is -0.355 e. The molecule has 5 rings (SSSR count). The van der Waals surface area contributed by atoms with Crippen LogP contribution in [-0.4, -0.2) is 22.8 Å². The van der Waals surface area contributed by atoms with E-state index < -0.39 is 0 Å². The lowest BCUT2D eigenvalue weighted by Gasteiger charge is -2.29. The number of carbonyl (C=O) groups excluding carboxylic acids is 2. The highest BCUT2D eigenvalue weighted by molar-refractivity contribution is 5.99. The molecule has 1 aliphatic carbocycles. The summed E-state index contributed by atoms with van der Waals surface area (Å²) in [4.78, 5) is 29.1. The minimum absolute atomic E-state index is 0.0167. The second-order valence-electron chi connectivity index (χ2n) is 9.65. The zero-order valence-electron chi connectivity index (χ0n) is 20.3. The Morgan fingerprint density at radius 2 is 1.64 bits per heavy atom. The third-order valence-corrected chi connectivity index (χ3v) is 7.13. The summed E-state index contributed by atoms with van der Waals surface area (Å²) >= 11 is 0. The second kappa shape index (κ2) is 10.4. The largest absolute Gasteiger partial charge is 0.355 e. The van der Waals surface area contributed by atoms with E-state index >= 15 is 0 Å². The molecule has 1 aromatic heterocycles. The number of hydrogen-bond acceptors (Lipinski definition) is 2. The highest BCUT2D eigenvalue weighted by Gasteiger charge is 2.28. The van der Waals surface area contributed by atoms with Gasteiger partial charge in [-0.2, -0.15) is 0 Å². The van der Waals surface area contributed by atoms with Crippen molar-refractivity contribution in [3.05, 3.63) is 95.8 Å². The maximum atomic E-state index is 13.2. The molecule has 3 aromatic carbocycles. The van der Waals surface area contributed by atoms with E-state index in [2.05, 4.69) is 33.8 Å². The Kier molecular flexibility index (Phi) is 6.85. The van der Waals surface area contributed by atoms with Crippen LogP contribution in [0.4, 0.5) is 4.39 Å². The molecular weight excluding hydrogens is 453 g/mol. The Balaban J connectivity index is 1.15. The van der Waals surface area contributed by atoms with E-state index in [1.54, 1.807) is 12.1 Å². The molecule has 0 radical (unpaired) electrons. The molecule has 1 aliphatic rings. The van der Waals surface area contributed by atoms with Crippen LogP contribution in [0, 0.1) is 11.7 Å². The first-order chi connectivity index (χ1) is 17.5. The fourth-order valence-electron chi connectivity index (χ4n) is 4.98. The van der Waals surface area contributed by atoms with E-state index in [9.17, 15) is 14.0 Å². The number of aromatic amines is 1. The Bertz CT molecular complexity index is 1360. The number of aromatic nitrogens is 1. The maximum absolute atomic E-state index is 13.2. The molecule has 5 nitrogen and oxygen atoms in total. The first kappa shape index (κ1) is 23.8. The van der Waals surface area contributed by atoms with Crippen LogP contribution in [0.15, 0.2) is 78.9 Å². The van der Waals surface area contributed by atoms with Crippen molar-refractivity contribution in [2.75, 3.05) is 0 Å². The van der Waals surface area contributed by atoms with Gasteiger partial charge in [-0.3, -0.25) is 9.59 Å². The van der Waals surface area contributed by atoms with Gasteiger partial charge in [-0.25, -0.2) is 4.39 Å². The molecule has 1 unspecified atom stereocenters. The summed E-state index contributed by atoms with van der Waals surface area (Å²) in [5.74, 6) is -0.441. The summed E-state index contributed by atoms with van der Waals surface area (Å²) in [7, 11) is 0. The number of hydrogen-bond donors (Lipinski definition) is 3. The van der Waals surface area contributed by atoms with Crippen LogP contribution in [0.3, 0.4) is 0 Å². The van der Waals surface area contributed by atoms with Gasteiger partial charge in [0.15, 0.2) is 0 Å². The van der Waals surface area contributed by atoms with Crippen molar-refractivity contribution in [2.24, 2.45) is 5.92 Å². The van der Waals surface area contributed by atoms with Crippen molar-refractivity contribution in [3.63, 3.8) is 0 Å². The molecule has 0 aliphatic heterocycles. The van der Waals surface area contributed by atoms with E-state index in [0.717, 1.165) is 53.4 Å². The van der Waals surface area contributed by atoms with Gasteiger partial charge in [0.2, 0.25) is 5.91 Å². The number of rotatable bonds is 6. The topological polar surface area (TPSA) is 74.0 Å². The van der Waals surface area contributed by atoms with Crippen molar-refractivity contribution in [1.29, 1.82) is 0 Å². The SMILES string of the molecule is CC(NC(=O)C1CCC(NC(=O)c2ccc3cc(-c4ccccc4)[nH]c3c2)CC1)c1ccc(F)cc1.